The van der Waals surface area contributed by atoms with Gasteiger partial charge in [-0.25, -0.2) is 9.97 Å². The summed E-state index contributed by atoms with van der Waals surface area (Å²) in [5.41, 5.74) is 3.20. The molecule has 0 N–H and O–H groups in total. The fraction of sp³-hybridized carbons (Fsp3) is 0.478. The highest BCUT2D eigenvalue weighted by Gasteiger charge is 2.30. The maximum atomic E-state index is 13.4. The van der Waals surface area contributed by atoms with Crippen molar-refractivity contribution in [1.82, 2.24) is 24.6 Å². The second-order valence-corrected chi connectivity index (χ2v) is 9.44. The summed E-state index contributed by atoms with van der Waals surface area (Å²) in [7, 11) is 1.62. The summed E-state index contributed by atoms with van der Waals surface area (Å²) in [5.74, 6) is 0.461. The Kier molecular flexibility index (Phi) is 6.48. The van der Waals surface area contributed by atoms with Gasteiger partial charge in [0.25, 0.3) is 11.9 Å². The molecule has 0 radical (unpaired) electrons. The van der Waals surface area contributed by atoms with Crippen LogP contribution >= 0.6 is 11.3 Å². The highest BCUT2D eigenvalue weighted by Crippen LogP contribution is 2.30. The molecule has 1 fully saturated rings. The minimum atomic E-state index is 0.0188. The van der Waals surface area contributed by atoms with Crippen molar-refractivity contribution in [2.75, 3.05) is 13.7 Å². The molecule has 0 unspecified atom stereocenters. The maximum absolute atomic E-state index is 13.4. The van der Waals surface area contributed by atoms with Gasteiger partial charge in [0.2, 0.25) is 0 Å². The zero-order chi connectivity index (χ0) is 22.0. The van der Waals surface area contributed by atoms with Gasteiger partial charge in [0.1, 0.15) is 0 Å². The largest absolute Gasteiger partial charge is 0.378 e. The Hall–Kier alpha value is -2.58. The van der Waals surface area contributed by atoms with Crippen molar-refractivity contribution >= 4 is 17.2 Å². The molecule has 3 aromatic rings. The number of piperidine rings is 1. The number of thiophene rings is 1. The van der Waals surface area contributed by atoms with Crippen LogP contribution in [-0.4, -0.2) is 50.3 Å². The zero-order valence-corrected chi connectivity index (χ0v) is 19.4. The van der Waals surface area contributed by atoms with Crippen molar-refractivity contribution in [2.45, 2.75) is 59.1 Å². The van der Waals surface area contributed by atoms with E-state index < -0.39 is 0 Å². The Morgan fingerprint density at radius 1 is 1.32 bits per heavy atom. The monoisotopic (exact) mass is 439 g/mol. The number of likely N-dealkylation sites (tertiary alicyclic amines) is 1. The molecule has 1 aliphatic heterocycles. The number of ether oxygens (including phenoxy) is 1. The van der Waals surface area contributed by atoms with Crippen LogP contribution in [0.1, 0.15) is 58.4 Å². The topological polar surface area (TPSA) is 73.1 Å². The van der Waals surface area contributed by atoms with E-state index in [1.807, 2.05) is 11.0 Å². The molecule has 8 heteroatoms. The van der Waals surface area contributed by atoms with Gasteiger partial charge in [0, 0.05) is 41.2 Å². The van der Waals surface area contributed by atoms with Crippen molar-refractivity contribution in [2.24, 2.45) is 0 Å². The Morgan fingerprint density at radius 3 is 2.87 bits per heavy atom. The minimum Gasteiger partial charge on any atom is -0.378 e. The van der Waals surface area contributed by atoms with Crippen LogP contribution < -0.4 is 0 Å². The molecular weight excluding hydrogens is 410 g/mol. The van der Waals surface area contributed by atoms with Gasteiger partial charge in [0.15, 0.2) is 0 Å². The average molecular weight is 440 g/mol. The highest BCUT2D eigenvalue weighted by molar-refractivity contribution is 7.12. The van der Waals surface area contributed by atoms with Gasteiger partial charge in [-0.1, -0.05) is 6.92 Å². The first-order valence-corrected chi connectivity index (χ1v) is 11.6. The molecule has 0 spiro atoms. The van der Waals surface area contributed by atoms with E-state index in [9.17, 15) is 4.79 Å². The number of aryl methyl sites for hydroxylation is 2. The standard InChI is InChI=1S/C23H29N5O2S/c1-5-17-8-6-7-11-27(17)22(29)19-13-25-28(21(19)14-30-4)23-24-10-9-20(26-23)18-12-15(2)31-16(18)3/h9-10,12-13,17H,5-8,11,14H2,1-4H3/t17-/m1/s1. The summed E-state index contributed by atoms with van der Waals surface area (Å²) in [6.07, 6.45) is 7.61. The van der Waals surface area contributed by atoms with E-state index in [0.717, 1.165) is 37.1 Å². The van der Waals surface area contributed by atoms with E-state index in [-0.39, 0.29) is 18.6 Å². The molecule has 1 atom stereocenters. The van der Waals surface area contributed by atoms with Crippen molar-refractivity contribution in [3.8, 4) is 17.2 Å². The minimum absolute atomic E-state index is 0.0188. The van der Waals surface area contributed by atoms with Crippen LogP contribution in [0.15, 0.2) is 24.5 Å². The molecule has 1 aliphatic rings. The summed E-state index contributed by atoms with van der Waals surface area (Å²) >= 11 is 1.75. The van der Waals surface area contributed by atoms with Gasteiger partial charge < -0.3 is 9.64 Å². The first kappa shape index (κ1) is 21.6. The highest BCUT2D eigenvalue weighted by atomic mass is 32.1. The van der Waals surface area contributed by atoms with Gasteiger partial charge in [-0.3, -0.25) is 4.79 Å². The second-order valence-electron chi connectivity index (χ2n) is 7.97. The fourth-order valence-electron chi connectivity index (χ4n) is 4.33. The Balaban J connectivity index is 1.72. The number of methoxy groups -OCH3 is 1. The molecular formula is C23H29N5O2S. The van der Waals surface area contributed by atoms with Gasteiger partial charge in [-0.05, 0) is 51.7 Å². The Bertz CT molecular complexity index is 1070. The lowest BCUT2D eigenvalue weighted by molar-refractivity contribution is 0.0603. The van der Waals surface area contributed by atoms with Crippen molar-refractivity contribution in [3.05, 3.63) is 45.5 Å². The Morgan fingerprint density at radius 2 is 2.16 bits per heavy atom. The van der Waals surface area contributed by atoms with E-state index in [0.29, 0.717) is 17.2 Å². The first-order valence-electron chi connectivity index (χ1n) is 10.8. The number of carbonyl (C=O) groups is 1. The van der Waals surface area contributed by atoms with Crippen LogP contribution in [0.3, 0.4) is 0 Å². The molecule has 0 saturated carbocycles. The summed E-state index contributed by atoms with van der Waals surface area (Å²) in [5, 5.41) is 4.50. The SMILES string of the molecule is CC[C@@H]1CCCCN1C(=O)c1cnn(-c2nccc(-c3cc(C)sc3C)n2)c1COC. The summed E-state index contributed by atoms with van der Waals surface area (Å²) in [4.78, 5) is 27.1. The number of carbonyl (C=O) groups excluding carboxylic acids is 1. The smallest absolute Gasteiger partial charge is 0.257 e. The number of amides is 1. The van der Waals surface area contributed by atoms with Crippen molar-refractivity contribution in [3.63, 3.8) is 0 Å². The van der Waals surface area contributed by atoms with Gasteiger partial charge in [0.05, 0.1) is 29.8 Å². The van der Waals surface area contributed by atoms with Crippen LogP contribution in [0.4, 0.5) is 0 Å². The fourth-order valence-corrected chi connectivity index (χ4v) is 5.27. The van der Waals surface area contributed by atoms with Crippen LogP contribution in [0.2, 0.25) is 0 Å². The molecule has 7 nitrogen and oxygen atoms in total. The lowest BCUT2D eigenvalue weighted by Gasteiger charge is -2.35. The summed E-state index contributed by atoms with van der Waals surface area (Å²) < 4.78 is 7.07. The second kappa shape index (κ2) is 9.28. The normalized spacial score (nSPS) is 16.6. The molecule has 0 aliphatic carbocycles. The first-order chi connectivity index (χ1) is 15.0. The van der Waals surface area contributed by atoms with Crippen LogP contribution in [-0.2, 0) is 11.3 Å². The number of rotatable bonds is 6. The third-order valence-electron chi connectivity index (χ3n) is 5.89. The third-order valence-corrected chi connectivity index (χ3v) is 6.85. The lowest BCUT2D eigenvalue weighted by Crippen LogP contribution is -2.43. The quantitative estimate of drug-likeness (QED) is 0.563. The van der Waals surface area contributed by atoms with Crippen molar-refractivity contribution in [1.29, 1.82) is 0 Å². The molecule has 164 valence electrons. The predicted molar refractivity (Wildman–Crippen MR) is 122 cm³/mol. The Labute approximate surface area is 187 Å². The van der Waals surface area contributed by atoms with Crippen LogP contribution in [0.5, 0.6) is 0 Å². The van der Waals surface area contributed by atoms with E-state index in [2.05, 4.69) is 36.9 Å². The van der Waals surface area contributed by atoms with Crippen molar-refractivity contribution < 1.29 is 9.53 Å². The number of hydrogen-bond acceptors (Lipinski definition) is 6. The predicted octanol–water partition coefficient (Wildman–Crippen LogP) is 4.56. The molecule has 4 rings (SSSR count). The van der Waals surface area contributed by atoms with Gasteiger partial charge in [-0.2, -0.15) is 9.78 Å². The molecule has 1 saturated heterocycles. The molecule has 31 heavy (non-hydrogen) atoms. The number of aromatic nitrogens is 4. The molecule has 0 aromatic carbocycles. The molecule has 0 bridgehead atoms. The van der Waals surface area contributed by atoms with Crippen LogP contribution in [0.25, 0.3) is 17.2 Å². The van der Waals surface area contributed by atoms with E-state index in [4.69, 9.17) is 9.72 Å². The van der Waals surface area contributed by atoms with E-state index >= 15 is 0 Å². The molecule has 3 aromatic heterocycles. The average Bonchev–Trinajstić information content (AvgIpc) is 3.36. The maximum Gasteiger partial charge on any atom is 0.257 e. The summed E-state index contributed by atoms with van der Waals surface area (Å²) in [6, 6.07) is 4.33. The van der Waals surface area contributed by atoms with E-state index in [1.54, 1.807) is 35.5 Å². The lowest BCUT2D eigenvalue weighted by atomic mass is 9.99. The molecule has 1 amide bonds. The van der Waals surface area contributed by atoms with Gasteiger partial charge in [-0.15, -0.1) is 11.3 Å². The number of hydrogen-bond donors (Lipinski definition) is 0. The zero-order valence-electron chi connectivity index (χ0n) is 18.6. The van der Waals surface area contributed by atoms with E-state index in [1.165, 1.54) is 16.2 Å². The van der Waals surface area contributed by atoms with Crippen LogP contribution in [0, 0.1) is 13.8 Å². The number of nitrogens with zero attached hydrogens (tertiary/aromatic N) is 5. The van der Waals surface area contributed by atoms with Gasteiger partial charge >= 0.3 is 0 Å². The third kappa shape index (κ3) is 4.27. The summed E-state index contributed by atoms with van der Waals surface area (Å²) in [6.45, 7) is 7.38. The molecule has 4 heterocycles.